The highest BCUT2D eigenvalue weighted by Gasteiger charge is 2.59. The Balaban J connectivity index is 1.49. The Labute approximate surface area is 243 Å². The van der Waals surface area contributed by atoms with Gasteiger partial charge in [-0.15, -0.1) is 0 Å². The van der Waals surface area contributed by atoms with E-state index >= 15 is 0 Å². The van der Waals surface area contributed by atoms with E-state index in [-0.39, 0.29) is 52.4 Å². The molecule has 0 bridgehead atoms. The second kappa shape index (κ2) is 12.3. The monoisotopic (exact) mass is 581 g/mol. The number of likely N-dealkylation sites (N-methyl/N-ethyl adjacent to an activating group) is 1. The molecular formula is C30H32ClN3O7. The number of fused-ring (bicyclic) bond motifs is 1. The van der Waals surface area contributed by atoms with Crippen molar-refractivity contribution in [2.45, 2.75) is 39.7 Å². The minimum Gasteiger partial charge on any atom is -0.385 e. The minimum atomic E-state index is -0.965. The number of hydrogen-bond acceptors (Lipinski definition) is 8. The zero-order valence-electron chi connectivity index (χ0n) is 23.3. The van der Waals surface area contributed by atoms with Gasteiger partial charge in [0.25, 0.3) is 5.69 Å². The summed E-state index contributed by atoms with van der Waals surface area (Å²) in [4.78, 5) is 65.5. The standard InChI is InChI=1S/C30H32ClN3O7/c1-17(2)25-26-18(3)22(16-32(4)15-7-10-24(35)21-8-5-6-9-23(21)31)27(33(26)28(25)36)30(38)41-29(37)19-11-13-20(14-12-19)34(39)40/h5-6,8-9,11-14,17-18,25-26H,7,10,15-16H2,1-4H3/t18-,25+,26+/m0/s1. The molecule has 3 atom stereocenters. The molecule has 4 rings (SSSR count). The lowest BCUT2D eigenvalue weighted by molar-refractivity contribution is -0.384. The van der Waals surface area contributed by atoms with Gasteiger partial charge in [0, 0.05) is 36.6 Å². The molecule has 2 heterocycles. The van der Waals surface area contributed by atoms with Crippen LogP contribution in [0.4, 0.5) is 5.69 Å². The van der Waals surface area contributed by atoms with Gasteiger partial charge in [0.2, 0.25) is 5.91 Å². The summed E-state index contributed by atoms with van der Waals surface area (Å²) < 4.78 is 5.18. The Kier molecular flexibility index (Phi) is 9.04. The smallest absolute Gasteiger partial charge is 0.362 e. The van der Waals surface area contributed by atoms with Gasteiger partial charge in [-0.3, -0.25) is 19.7 Å². The molecule has 10 nitrogen and oxygen atoms in total. The number of benzene rings is 2. The molecular weight excluding hydrogens is 550 g/mol. The molecule has 0 radical (unpaired) electrons. The van der Waals surface area contributed by atoms with Gasteiger partial charge in [-0.25, -0.2) is 9.59 Å². The lowest BCUT2D eigenvalue weighted by Crippen LogP contribution is -2.62. The molecule has 41 heavy (non-hydrogen) atoms. The summed E-state index contributed by atoms with van der Waals surface area (Å²) in [5.41, 5.74) is 1.01. The fourth-order valence-electron chi connectivity index (χ4n) is 5.64. The van der Waals surface area contributed by atoms with E-state index in [9.17, 15) is 29.3 Å². The quantitative estimate of drug-likeness (QED) is 0.0914. The molecule has 0 spiro atoms. The number of ether oxygens (including phenoxy) is 1. The number of nitro benzene ring substituents is 1. The first-order valence-electron chi connectivity index (χ1n) is 13.5. The average Bonchev–Trinajstić information content (AvgIpc) is 3.16. The number of esters is 2. The average molecular weight is 582 g/mol. The maximum atomic E-state index is 13.4. The van der Waals surface area contributed by atoms with E-state index in [2.05, 4.69) is 0 Å². The van der Waals surface area contributed by atoms with Crippen LogP contribution >= 0.6 is 11.6 Å². The number of carbonyl (C=O) groups is 4. The second-order valence-electron chi connectivity index (χ2n) is 10.9. The van der Waals surface area contributed by atoms with Crippen molar-refractivity contribution < 1.29 is 28.8 Å². The van der Waals surface area contributed by atoms with Crippen LogP contribution < -0.4 is 0 Å². The van der Waals surface area contributed by atoms with Crippen molar-refractivity contribution in [1.29, 1.82) is 0 Å². The summed E-state index contributed by atoms with van der Waals surface area (Å²) in [5.74, 6) is -2.48. The SMILES string of the molecule is CC(C)[C@H]1C(=O)N2C(C(=O)OC(=O)c3ccc([N+](=O)[O-])cc3)=C(CN(C)CCCC(=O)c3ccccc3Cl)[C@H](C)[C@H]12. The number of ketones is 1. The lowest BCUT2D eigenvalue weighted by Gasteiger charge is -2.47. The summed E-state index contributed by atoms with van der Waals surface area (Å²) >= 11 is 6.14. The highest BCUT2D eigenvalue weighted by Crippen LogP contribution is 2.48. The Morgan fingerprint density at radius 2 is 1.76 bits per heavy atom. The van der Waals surface area contributed by atoms with Crippen molar-refractivity contribution in [1.82, 2.24) is 9.80 Å². The maximum Gasteiger partial charge on any atom is 0.362 e. The number of β-lactam (4-membered cyclic amide) rings is 1. The van der Waals surface area contributed by atoms with Crippen LogP contribution in [0.1, 0.15) is 54.3 Å². The molecule has 2 aliphatic rings. The van der Waals surface area contributed by atoms with Crippen molar-refractivity contribution in [2.24, 2.45) is 17.8 Å². The molecule has 2 aromatic rings. The van der Waals surface area contributed by atoms with Crippen molar-refractivity contribution in [2.75, 3.05) is 20.1 Å². The van der Waals surface area contributed by atoms with E-state index in [1.165, 1.54) is 17.0 Å². The minimum absolute atomic E-state index is 0.0241. The first-order chi connectivity index (χ1) is 19.4. The van der Waals surface area contributed by atoms with Crippen molar-refractivity contribution in [3.63, 3.8) is 0 Å². The largest absolute Gasteiger partial charge is 0.385 e. The zero-order chi connectivity index (χ0) is 30.0. The van der Waals surface area contributed by atoms with Crippen LogP contribution in [0.15, 0.2) is 59.8 Å². The van der Waals surface area contributed by atoms with Gasteiger partial charge >= 0.3 is 11.9 Å². The molecule has 11 heteroatoms. The summed E-state index contributed by atoms with van der Waals surface area (Å²) in [7, 11) is 1.86. The molecule has 0 N–H and O–H groups in total. The van der Waals surface area contributed by atoms with E-state index in [0.29, 0.717) is 42.1 Å². The molecule has 1 fully saturated rings. The normalized spacial score (nSPS) is 19.8. The first-order valence-corrected chi connectivity index (χ1v) is 13.8. The number of non-ortho nitro benzene ring substituents is 1. The molecule has 2 aromatic carbocycles. The third-order valence-corrected chi connectivity index (χ3v) is 8.09. The third kappa shape index (κ3) is 6.08. The molecule has 1 amide bonds. The van der Waals surface area contributed by atoms with Crippen LogP contribution in [0.5, 0.6) is 0 Å². The fourth-order valence-corrected chi connectivity index (χ4v) is 5.88. The predicted molar refractivity (Wildman–Crippen MR) is 151 cm³/mol. The van der Waals surface area contributed by atoms with Crippen LogP contribution in [0.2, 0.25) is 5.02 Å². The van der Waals surface area contributed by atoms with Gasteiger partial charge in [0.15, 0.2) is 5.78 Å². The number of rotatable bonds is 11. The fraction of sp³-hybridized carbons (Fsp3) is 0.400. The number of hydrogen-bond donors (Lipinski definition) is 0. The van der Waals surface area contributed by atoms with Crippen LogP contribution in [0.25, 0.3) is 0 Å². The van der Waals surface area contributed by atoms with Crippen molar-refractivity contribution in [3.05, 3.63) is 86.1 Å². The zero-order valence-corrected chi connectivity index (χ0v) is 24.1. The van der Waals surface area contributed by atoms with Gasteiger partial charge in [0.05, 0.1) is 27.5 Å². The molecule has 0 unspecified atom stereocenters. The Morgan fingerprint density at radius 1 is 1.10 bits per heavy atom. The van der Waals surface area contributed by atoms with E-state index in [1.807, 2.05) is 32.7 Å². The van der Waals surface area contributed by atoms with Crippen LogP contribution in [-0.4, -0.2) is 64.5 Å². The van der Waals surface area contributed by atoms with E-state index < -0.39 is 16.9 Å². The third-order valence-electron chi connectivity index (χ3n) is 7.76. The highest BCUT2D eigenvalue weighted by atomic mass is 35.5. The molecule has 216 valence electrons. The van der Waals surface area contributed by atoms with Crippen LogP contribution in [0.3, 0.4) is 0 Å². The molecule has 0 aromatic heterocycles. The number of nitrogens with zero attached hydrogens (tertiary/aromatic N) is 3. The molecule has 0 aliphatic carbocycles. The Hall–Kier alpha value is -3.89. The van der Waals surface area contributed by atoms with Gasteiger partial charge in [-0.05, 0) is 55.8 Å². The first kappa shape index (κ1) is 30.1. The van der Waals surface area contributed by atoms with Crippen LogP contribution in [-0.2, 0) is 14.3 Å². The van der Waals surface area contributed by atoms with E-state index in [4.69, 9.17) is 16.3 Å². The van der Waals surface area contributed by atoms with E-state index in [1.54, 1.807) is 24.3 Å². The number of Topliss-reactive ketones (excluding diaryl/α,β-unsaturated/α-hetero) is 1. The number of carbonyl (C=O) groups excluding carboxylic acids is 4. The predicted octanol–water partition coefficient (Wildman–Crippen LogP) is 4.91. The van der Waals surface area contributed by atoms with Crippen LogP contribution in [0, 0.1) is 27.9 Å². The molecule has 1 saturated heterocycles. The topological polar surface area (TPSA) is 127 Å². The number of halogens is 1. The summed E-state index contributed by atoms with van der Waals surface area (Å²) in [6.45, 7) is 6.76. The molecule has 0 saturated carbocycles. The highest BCUT2D eigenvalue weighted by molar-refractivity contribution is 6.33. The number of amides is 1. The summed E-state index contributed by atoms with van der Waals surface area (Å²) in [5, 5.41) is 11.3. The summed E-state index contributed by atoms with van der Waals surface area (Å²) in [6, 6.07) is 11.4. The molecule has 2 aliphatic heterocycles. The van der Waals surface area contributed by atoms with Gasteiger partial charge in [-0.1, -0.05) is 44.5 Å². The van der Waals surface area contributed by atoms with Gasteiger partial charge in [-0.2, -0.15) is 0 Å². The second-order valence-corrected chi connectivity index (χ2v) is 11.3. The number of nitro groups is 1. The Morgan fingerprint density at radius 3 is 2.37 bits per heavy atom. The summed E-state index contributed by atoms with van der Waals surface area (Å²) in [6.07, 6.45) is 0.852. The van der Waals surface area contributed by atoms with E-state index in [0.717, 1.165) is 12.1 Å². The van der Waals surface area contributed by atoms with Crippen molar-refractivity contribution in [3.8, 4) is 0 Å². The van der Waals surface area contributed by atoms with Gasteiger partial charge < -0.3 is 14.5 Å². The maximum absolute atomic E-state index is 13.4. The lowest BCUT2D eigenvalue weighted by atomic mass is 9.74. The Bertz CT molecular complexity index is 1420. The van der Waals surface area contributed by atoms with Crippen molar-refractivity contribution >= 4 is 40.9 Å². The van der Waals surface area contributed by atoms with Gasteiger partial charge in [0.1, 0.15) is 5.70 Å².